The summed E-state index contributed by atoms with van der Waals surface area (Å²) in [7, 11) is 1.29. The average molecular weight is 240 g/mol. The first-order valence-corrected chi connectivity index (χ1v) is 2.93. The number of anilines is 1. The third-order valence-corrected chi connectivity index (χ3v) is 1.27. The van der Waals surface area contributed by atoms with Gasteiger partial charge in [-0.2, -0.15) is 0 Å². The molecular weight excluding hydrogens is 232 g/mol. The van der Waals surface area contributed by atoms with Crippen LogP contribution in [0.4, 0.5) is 14.5 Å². The van der Waals surface area contributed by atoms with Crippen LogP contribution in [-0.2, 0) is 0 Å². The zero-order valence-corrected chi connectivity index (χ0v) is 8.02. The second-order valence-corrected chi connectivity index (χ2v) is 2.01. The standard InChI is InChI=1S/C7H7F2NO.BrH/c1-11-7-3-6(10)4(8)2-5(7)9;/h2-3H,10H2,1H3;1H. The molecule has 0 spiro atoms. The molecule has 0 aromatic heterocycles. The average Bonchev–Trinajstić information content (AvgIpc) is 1.97. The van der Waals surface area contributed by atoms with E-state index in [1.165, 1.54) is 7.11 Å². The highest BCUT2D eigenvalue weighted by molar-refractivity contribution is 8.93. The van der Waals surface area contributed by atoms with Crippen molar-refractivity contribution in [2.75, 3.05) is 12.8 Å². The number of nitrogen functional groups attached to an aromatic ring is 1. The Morgan fingerprint density at radius 2 is 1.83 bits per heavy atom. The number of methoxy groups -OCH3 is 1. The van der Waals surface area contributed by atoms with Crippen LogP contribution in [0.5, 0.6) is 5.75 Å². The van der Waals surface area contributed by atoms with E-state index in [9.17, 15) is 8.78 Å². The molecule has 0 saturated carbocycles. The SMILES string of the molecule is Br.COc1cc(N)c(F)cc1F. The lowest BCUT2D eigenvalue weighted by atomic mass is 10.3. The summed E-state index contributed by atoms with van der Waals surface area (Å²) >= 11 is 0. The van der Waals surface area contributed by atoms with Gasteiger partial charge in [0.2, 0.25) is 0 Å². The van der Waals surface area contributed by atoms with Gasteiger partial charge in [-0.3, -0.25) is 0 Å². The summed E-state index contributed by atoms with van der Waals surface area (Å²) in [5.41, 5.74) is 5.02. The van der Waals surface area contributed by atoms with Gasteiger partial charge in [0.25, 0.3) is 0 Å². The van der Waals surface area contributed by atoms with Crippen molar-refractivity contribution in [3.05, 3.63) is 23.8 Å². The highest BCUT2D eigenvalue weighted by Gasteiger charge is 2.06. The second-order valence-electron chi connectivity index (χ2n) is 2.01. The van der Waals surface area contributed by atoms with Crippen LogP contribution in [-0.4, -0.2) is 7.11 Å². The first-order valence-electron chi connectivity index (χ1n) is 2.93. The fourth-order valence-corrected chi connectivity index (χ4v) is 0.701. The van der Waals surface area contributed by atoms with Gasteiger partial charge in [0.15, 0.2) is 11.6 Å². The minimum atomic E-state index is -0.775. The maximum Gasteiger partial charge on any atom is 0.168 e. The van der Waals surface area contributed by atoms with E-state index in [-0.39, 0.29) is 28.4 Å². The molecule has 0 heterocycles. The molecule has 68 valence electrons. The van der Waals surface area contributed by atoms with Gasteiger partial charge >= 0.3 is 0 Å². The van der Waals surface area contributed by atoms with Crippen LogP contribution in [0.2, 0.25) is 0 Å². The van der Waals surface area contributed by atoms with Gasteiger partial charge in [-0.15, -0.1) is 17.0 Å². The molecule has 1 aromatic rings. The van der Waals surface area contributed by atoms with Gasteiger partial charge in [0.1, 0.15) is 5.82 Å². The molecule has 2 N–H and O–H groups in total. The van der Waals surface area contributed by atoms with Gasteiger partial charge in [-0.25, -0.2) is 8.78 Å². The highest BCUT2D eigenvalue weighted by Crippen LogP contribution is 2.22. The maximum absolute atomic E-state index is 12.6. The molecule has 5 heteroatoms. The molecule has 1 aromatic carbocycles. The first-order chi connectivity index (χ1) is 5.15. The summed E-state index contributed by atoms with van der Waals surface area (Å²) in [6.07, 6.45) is 0. The van der Waals surface area contributed by atoms with Crippen molar-refractivity contribution in [3.63, 3.8) is 0 Å². The van der Waals surface area contributed by atoms with Crippen molar-refractivity contribution in [1.29, 1.82) is 0 Å². The molecular formula is C7H8BrF2NO. The molecule has 0 fully saturated rings. The topological polar surface area (TPSA) is 35.2 Å². The van der Waals surface area contributed by atoms with Gasteiger partial charge < -0.3 is 10.5 Å². The quantitative estimate of drug-likeness (QED) is 0.763. The predicted octanol–water partition coefficient (Wildman–Crippen LogP) is 2.13. The minimum absolute atomic E-state index is 0. The Bertz CT molecular complexity index is 280. The zero-order valence-electron chi connectivity index (χ0n) is 6.30. The smallest absolute Gasteiger partial charge is 0.168 e. The Balaban J connectivity index is 0.00000121. The van der Waals surface area contributed by atoms with Crippen LogP contribution in [0.25, 0.3) is 0 Å². The number of hydrogen-bond donors (Lipinski definition) is 1. The fourth-order valence-electron chi connectivity index (χ4n) is 0.701. The van der Waals surface area contributed by atoms with Crippen LogP contribution in [0.15, 0.2) is 12.1 Å². The summed E-state index contributed by atoms with van der Waals surface area (Å²) in [6.45, 7) is 0. The largest absolute Gasteiger partial charge is 0.494 e. The molecule has 1 rings (SSSR count). The molecule has 0 aliphatic rings. The van der Waals surface area contributed by atoms with Crippen LogP contribution in [0, 0.1) is 11.6 Å². The highest BCUT2D eigenvalue weighted by atomic mass is 79.9. The van der Waals surface area contributed by atoms with Crippen LogP contribution in [0.1, 0.15) is 0 Å². The van der Waals surface area contributed by atoms with E-state index in [2.05, 4.69) is 4.74 Å². The van der Waals surface area contributed by atoms with E-state index in [1.807, 2.05) is 0 Å². The third kappa shape index (κ3) is 2.07. The summed E-state index contributed by atoms with van der Waals surface area (Å²) in [4.78, 5) is 0. The number of nitrogens with two attached hydrogens (primary N) is 1. The van der Waals surface area contributed by atoms with Gasteiger partial charge in [-0.05, 0) is 0 Å². The molecule has 0 radical (unpaired) electrons. The van der Waals surface area contributed by atoms with E-state index in [0.717, 1.165) is 6.07 Å². The Labute approximate surface area is 79.1 Å². The first kappa shape index (κ1) is 11.2. The van der Waals surface area contributed by atoms with E-state index < -0.39 is 11.6 Å². The summed E-state index contributed by atoms with van der Waals surface area (Å²) in [5, 5.41) is 0. The van der Waals surface area contributed by atoms with Crippen molar-refractivity contribution in [3.8, 4) is 5.75 Å². The van der Waals surface area contributed by atoms with Gasteiger partial charge in [-0.1, -0.05) is 0 Å². The Kier molecular flexibility index (Phi) is 3.95. The van der Waals surface area contributed by atoms with Gasteiger partial charge in [0.05, 0.1) is 12.8 Å². The number of hydrogen-bond acceptors (Lipinski definition) is 2. The van der Waals surface area contributed by atoms with Crippen molar-refractivity contribution < 1.29 is 13.5 Å². The number of ether oxygens (including phenoxy) is 1. The Morgan fingerprint density at radius 1 is 1.25 bits per heavy atom. The molecule has 0 bridgehead atoms. The molecule has 0 unspecified atom stereocenters. The third-order valence-electron chi connectivity index (χ3n) is 1.27. The number of benzene rings is 1. The molecule has 0 atom stereocenters. The minimum Gasteiger partial charge on any atom is -0.494 e. The van der Waals surface area contributed by atoms with E-state index in [4.69, 9.17) is 5.73 Å². The van der Waals surface area contributed by atoms with E-state index in [1.54, 1.807) is 0 Å². The lowest BCUT2D eigenvalue weighted by molar-refractivity contribution is 0.384. The molecule has 12 heavy (non-hydrogen) atoms. The van der Waals surface area contributed by atoms with Crippen LogP contribution >= 0.6 is 17.0 Å². The Hall–Kier alpha value is -0.840. The monoisotopic (exact) mass is 239 g/mol. The van der Waals surface area contributed by atoms with Gasteiger partial charge in [0, 0.05) is 12.1 Å². The molecule has 0 aliphatic carbocycles. The molecule has 2 nitrogen and oxygen atoms in total. The number of rotatable bonds is 1. The summed E-state index contributed by atoms with van der Waals surface area (Å²) in [6, 6.07) is 1.79. The number of halogens is 3. The predicted molar refractivity (Wildman–Crippen MR) is 47.6 cm³/mol. The zero-order chi connectivity index (χ0) is 8.43. The normalized spacial score (nSPS) is 8.92. The van der Waals surface area contributed by atoms with Crippen molar-refractivity contribution in [2.45, 2.75) is 0 Å². The lowest BCUT2D eigenvalue weighted by Crippen LogP contribution is -1.95. The molecule has 0 amide bonds. The summed E-state index contributed by atoms with van der Waals surface area (Å²) < 4.78 is 29.6. The van der Waals surface area contributed by atoms with E-state index in [0.29, 0.717) is 6.07 Å². The van der Waals surface area contributed by atoms with Crippen LogP contribution in [0.3, 0.4) is 0 Å². The van der Waals surface area contributed by atoms with E-state index >= 15 is 0 Å². The van der Waals surface area contributed by atoms with Crippen molar-refractivity contribution in [1.82, 2.24) is 0 Å². The molecule has 0 saturated heterocycles. The van der Waals surface area contributed by atoms with Crippen molar-refractivity contribution in [2.24, 2.45) is 0 Å². The maximum atomic E-state index is 12.6. The lowest BCUT2D eigenvalue weighted by Gasteiger charge is -2.02. The Morgan fingerprint density at radius 3 is 2.33 bits per heavy atom. The van der Waals surface area contributed by atoms with Crippen molar-refractivity contribution >= 4 is 22.7 Å². The molecule has 0 aliphatic heterocycles. The second kappa shape index (κ2) is 4.25. The van der Waals surface area contributed by atoms with Crippen LogP contribution < -0.4 is 10.5 Å². The summed E-state index contributed by atoms with van der Waals surface area (Å²) in [5.74, 6) is -1.58. The fraction of sp³-hybridized carbons (Fsp3) is 0.143.